The Morgan fingerprint density at radius 3 is 2.42 bits per heavy atom. The molecular weight excluding hydrogens is 527 g/mol. The number of carbonyl (C=O) groups excluding carboxylic acids is 1. The van der Waals surface area contributed by atoms with E-state index in [0.717, 1.165) is 31.2 Å². The molecular formula is C27H28F3N7O3. The second kappa shape index (κ2) is 10.4. The van der Waals surface area contributed by atoms with Crippen LogP contribution in [0.5, 0.6) is 0 Å². The van der Waals surface area contributed by atoms with Crippen LogP contribution in [0, 0.1) is 5.92 Å². The number of H-pyrrole nitrogens is 1. The summed E-state index contributed by atoms with van der Waals surface area (Å²) in [5.74, 6) is 0.130. The number of hydrogen-bond acceptors (Lipinski definition) is 6. The summed E-state index contributed by atoms with van der Waals surface area (Å²) in [7, 11) is 0. The summed E-state index contributed by atoms with van der Waals surface area (Å²) in [6.45, 7) is 6.42. The van der Waals surface area contributed by atoms with Gasteiger partial charge in [0, 0.05) is 37.1 Å². The number of nitrogens with zero attached hydrogens (tertiary/aromatic N) is 6. The molecule has 0 aromatic carbocycles. The minimum Gasteiger partial charge on any atom is -0.332 e. The van der Waals surface area contributed by atoms with E-state index in [1.807, 2.05) is 20.8 Å². The third kappa shape index (κ3) is 5.15. The Balaban J connectivity index is 1.49. The molecule has 0 saturated heterocycles. The molecule has 1 amide bonds. The number of rotatable bonds is 8. The largest absolute Gasteiger partial charge is 0.433 e. The Labute approximate surface area is 226 Å². The molecule has 1 N–H and O–H groups in total. The standard InChI is InChI=1S/C27H28F3N7O3/c1-4-11-35-23-21(25(39)37(26(35)40)18-7-8-18)33-22(34-23)16-6-10-20(32-12-16)36(14-15(2)3)24(38)17-5-9-19(31-13-17)27(28,29)30/h5-6,9-10,12-13,15,18H,4,7-8,11,14H2,1-3H3,(H,33,34). The monoisotopic (exact) mass is 555 g/mol. The van der Waals surface area contributed by atoms with E-state index in [9.17, 15) is 27.6 Å². The summed E-state index contributed by atoms with van der Waals surface area (Å²) >= 11 is 0. The van der Waals surface area contributed by atoms with Crippen molar-refractivity contribution in [2.24, 2.45) is 5.92 Å². The fraction of sp³-hybridized carbons (Fsp3) is 0.407. The fourth-order valence-electron chi connectivity index (χ4n) is 4.53. The lowest BCUT2D eigenvalue weighted by molar-refractivity contribution is -0.141. The molecule has 5 rings (SSSR count). The van der Waals surface area contributed by atoms with Gasteiger partial charge in [-0.05, 0) is 49.4 Å². The van der Waals surface area contributed by atoms with Crippen LogP contribution in [0.3, 0.4) is 0 Å². The molecule has 10 nitrogen and oxygen atoms in total. The Hall–Kier alpha value is -4.29. The highest BCUT2D eigenvalue weighted by molar-refractivity contribution is 6.05. The van der Waals surface area contributed by atoms with Gasteiger partial charge >= 0.3 is 11.9 Å². The van der Waals surface area contributed by atoms with Crippen molar-refractivity contribution in [1.29, 1.82) is 0 Å². The maximum Gasteiger partial charge on any atom is 0.433 e. The number of aromatic nitrogens is 6. The van der Waals surface area contributed by atoms with Crippen LogP contribution in [0.25, 0.3) is 22.6 Å². The molecule has 4 heterocycles. The molecule has 40 heavy (non-hydrogen) atoms. The molecule has 210 valence electrons. The van der Waals surface area contributed by atoms with Crippen molar-refractivity contribution in [3.05, 3.63) is 68.8 Å². The SMILES string of the molecule is CCCn1c(=O)n(C2CC2)c(=O)c2[nH]c(-c3ccc(N(CC(C)C)C(=O)c4ccc(C(F)(F)F)nc4)nc3)nc21. The molecule has 4 aromatic rings. The third-order valence-corrected chi connectivity index (χ3v) is 6.56. The average molecular weight is 556 g/mol. The summed E-state index contributed by atoms with van der Waals surface area (Å²) in [4.78, 5) is 56.2. The van der Waals surface area contributed by atoms with Crippen LogP contribution in [0.4, 0.5) is 19.0 Å². The minimum absolute atomic E-state index is 0.00218. The molecule has 1 saturated carbocycles. The molecule has 0 spiro atoms. The van der Waals surface area contributed by atoms with Crippen molar-refractivity contribution < 1.29 is 18.0 Å². The van der Waals surface area contributed by atoms with Gasteiger partial charge in [-0.2, -0.15) is 13.2 Å². The number of anilines is 1. The third-order valence-electron chi connectivity index (χ3n) is 6.56. The number of alkyl halides is 3. The molecule has 0 radical (unpaired) electrons. The first kappa shape index (κ1) is 27.3. The van der Waals surface area contributed by atoms with Gasteiger partial charge in [-0.15, -0.1) is 0 Å². The first-order valence-electron chi connectivity index (χ1n) is 13.1. The second-order valence-corrected chi connectivity index (χ2v) is 10.3. The Kier molecular flexibility index (Phi) is 7.06. The zero-order valence-electron chi connectivity index (χ0n) is 22.2. The first-order valence-corrected chi connectivity index (χ1v) is 13.1. The molecule has 1 fully saturated rings. The lowest BCUT2D eigenvalue weighted by atomic mass is 10.1. The van der Waals surface area contributed by atoms with E-state index < -0.39 is 23.3 Å². The number of fused-ring (bicyclic) bond motifs is 1. The van der Waals surface area contributed by atoms with Gasteiger partial charge in [0.1, 0.15) is 22.9 Å². The molecule has 4 aromatic heterocycles. The van der Waals surface area contributed by atoms with Crippen molar-refractivity contribution in [2.75, 3.05) is 11.4 Å². The number of imidazole rings is 1. The highest BCUT2D eigenvalue weighted by Crippen LogP contribution is 2.33. The van der Waals surface area contributed by atoms with Gasteiger partial charge < -0.3 is 4.98 Å². The first-order chi connectivity index (χ1) is 19.0. The summed E-state index contributed by atoms with van der Waals surface area (Å²) in [6.07, 6.45) is 0.0419. The number of aromatic amines is 1. The highest BCUT2D eigenvalue weighted by Gasteiger charge is 2.33. The van der Waals surface area contributed by atoms with E-state index in [2.05, 4.69) is 19.9 Å². The predicted octanol–water partition coefficient (Wildman–Crippen LogP) is 4.41. The van der Waals surface area contributed by atoms with Crippen LogP contribution in [-0.2, 0) is 12.7 Å². The number of amides is 1. The van der Waals surface area contributed by atoms with Crippen LogP contribution in [-0.4, -0.2) is 41.5 Å². The summed E-state index contributed by atoms with van der Waals surface area (Å²) in [5, 5.41) is 0. The van der Waals surface area contributed by atoms with Crippen LogP contribution < -0.4 is 16.1 Å². The van der Waals surface area contributed by atoms with Crippen LogP contribution in [0.1, 0.15) is 62.1 Å². The molecule has 1 aliphatic carbocycles. The van der Waals surface area contributed by atoms with Crippen molar-refractivity contribution >= 4 is 22.9 Å². The van der Waals surface area contributed by atoms with Crippen LogP contribution in [0.15, 0.2) is 46.2 Å². The van der Waals surface area contributed by atoms with Gasteiger partial charge in [-0.3, -0.25) is 28.6 Å². The van der Waals surface area contributed by atoms with E-state index >= 15 is 0 Å². The van der Waals surface area contributed by atoms with Crippen LogP contribution in [0.2, 0.25) is 0 Å². The fourth-order valence-corrected chi connectivity index (χ4v) is 4.53. The van der Waals surface area contributed by atoms with Gasteiger partial charge in [0.05, 0.1) is 5.56 Å². The molecule has 13 heteroatoms. The Bertz CT molecular complexity index is 1670. The van der Waals surface area contributed by atoms with Gasteiger partial charge in [-0.25, -0.2) is 14.8 Å². The lowest BCUT2D eigenvalue weighted by Gasteiger charge is -2.24. The number of hydrogen-bond donors (Lipinski definition) is 1. The number of carbonyl (C=O) groups is 1. The van der Waals surface area contributed by atoms with Crippen LogP contribution >= 0.6 is 0 Å². The average Bonchev–Trinajstić information content (AvgIpc) is 3.65. The number of nitrogens with one attached hydrogen (secondary N) is 1. The molecule has 0 bridgehead atoms. The van der Waals surface area contributed by atoms with Crippen molar-refractivity contribution in [2.45, 2.75) is 58.8 Å². The number of halogens is 3. The summed E-state index contributed by atoms with van der Waals surface area (Å²) < 4.78 is 41.5. The smallest absolute Gasteiger partial charge is 0.332 e. The zero-order chi connectivity index (χ0) is 28.8. The van der Waals surface area contributed by atoms with Crippen molar-refractivity contribution in [3.8, 4) is 11.4 Å². The maximum atomic E-state index is 13.3. The van der Waals surface area contributed by atoms with E-state index in [1.54, 1.807) is 12.1 Å². The zero-order valence-corrected chi connectivity index (χ0v) is 22.2. The molecule has 1 aliphatic rings. The van der Waals surface area contributed by atoms with Gasteiger partial charge in [0.2, 0.25) is 0 Å². The van der Waals surface area contributed by atoms with E-state index in [1.165, 1.54) is 20.2 Å². The lowest BCUT2D eigenvalue weighted by Crippen LogP contribution is -2.39. The molecule has 0 aliphatic heterocycles. The number of pyridine rings is 2. The second-order valence-electron chi connectivity index (χ2n) is 10.3. The normalized spacial score (nSPS) is 13.8. The predicted molar refractivity (Wildman–Crippen MR) is 142 cm³/mol. The quantitative estimate of drug-likeness (QED) is 0.344. The van der Waals surface area contributed by atoms with E-state index in [4.69, 9.17) is 0 Å². The Morgan fingerprint density at radius 2 is 1.88 bits per heavy atom. The van der Waals surface area contributed by atoms with Gasteiger partial charge in [-0.1, -0.05) is 20.8 Å². The van der Waals surface area contributed by atoms with Crippen molar-refractivity contribution in [3.63, 3.8) is 0 Å². The molecule has 0 atom stereocenters. The maximum absolute atomic E-state index is 13.3. The van der Waals surface area contributed by atoms with E-state index in [-0.39, 0.29) is 46.7 Å². The topological polar surface area (TPSA) is 119 Å². The summed E-state index contributed by atoms with van der Waals surface area (Å²) in [5.41, 5.74) is -0.810. The molecule has 0 unspecified atom stereocenters. The minimum atomic E-state index is -4.61. The van der Waals surface area contributed by atoms with E-state index in [0.29, 0.717) is 24.4 Å². The van der Waals surface area contributed by atoms with Gasteiger partial charge in [0.25, 0.3) is 11.5 Å². The summed E-state index contributed by atoms with van der Waals surface area (Å²) in [6, 6.07) is 5.05. The number of aryl methyl sites for hydroxylation is 1. The highest BCUT2D eigenvalue weighted by atomic mass is 19.4. The van der Waals surface area contributed by atoms with Crippen molar-refractivity contribution in [1.82, 2.24) is 29.1 Å². The Morgan fingerprint density at radius 1 is 1.12 bits per heavy atom. The van der Waals surface area contributed by atoms with Gasteiger partial charge in [0.15, 0.2) is 5.65 Å².